The van der Waals surface area contributed by atoms with Crippen molar-refractivity contribution in [1.29, 1.82) is 0 Å². The third-order valence-corrected chi connectivity index (χ3v) is 5.23. The number of anilines is 1. The van der Waals surface area contributed by atoms with E-state index in [9.17, 15) is 9.18 Å². The number of morpholine rings is 1. The Morgan fingerprint density at radius 2 is 2.00 bits per heavy atom. The number of allylic oxidation sites excluding steroid dienone is 1. The molecular weight excluding hydrogens is 345 g/mol. The molecule has 140 valence electrons. The Morgan fingerprint density at radius 1 is 1.22 bits per heavy atom. The quantitative estimate of drug-likeness (QED) is 0.774. The van der Waals surface area contributed by atoms with Crippen molar-refractivity contribution < 1.29 is 18.7 Å². The van der Waals surface area contributed by atoms with Crippen molar-refractivity contribution in [2.45, 2.75) is 13.3 Å². The molecule has 4 rings (SSSR count). The van der Waals surface area contributed by atoms with E-state index in [0.717, 1.165) is 24.3 Å². The van der Waals surface area contributed by atoms with E-state index in [0.29, 0.717) is 47.6 Å². The third kappa shape index (κ3) is 3.23. The lowest BCUT2D eigenvalue weighted by atomic mass is 10.1. The van der Waals surface area contributed by atoms with Crippen LogP contribution in [-0.4, -0.2) is 39.2 Å². The summed E-state index contributed by atoms with van der Waals surface area (Å²) in [6, 6.07) is 9.07. The Hall–Kier alpha value is -2.66. The molecule has 0 saturated carbocycles. The molecule has 1 fully saturated rings. The first-order valence-electron chi connectivity index (χ1n) is 9.12. The number of methoxy groups -OCH3 is 1. The van der Waals surface area contributed by atoms with Gasteiger partial charge in [0.2, 0.25) is 0 Å². The number of ketones is 1. The molecule has 27 heavy (non-hydrogen) atoms. The second-order valence-corrected chi connectivity index (χ2v) is 6.93. The van der Waals surface area contributed by atoms with Crippen LogP contribution in [0.3, 0.4) is 0 Å². The Morgan fingerprint density at radius 3 is 2.74 bits per heavy atom. The zero-order valence-corrected chi connectivity index (χ0v) is 15.5. The number of Topliss-reactive ketones (excluding diaryl/α,β-unsaturated/α-hetero) is 1. The molecule has 2 aromatic carbocycles. The van der Waals surface area contributed by atoms with Crippen LogP contribution in [-0.2, 0) is 11.2 Å². The first-order valence-corrected chi connectivity index (χ1v) is 9.12. The highest BCUT2D eigenvalue weighted by Crippen LogP contribution is 2.38. The maximum absolute atomic E-state index is 14.3. The first-order chi connectivity index (χ1) is 13.1. The number of aryl methyl sites for hydroxylation is 1. The summed E-state index contributed by atoms with van der Waals surface area (Å²) in [5, 5.41) is 0. The van der Waals surface area contributed by atoms with Gasteiger partial charge in [0.05, 0.1) is 26.0 Å². The van der Waals surface area contributed by atoms with E-state index in [1.807, 2.05) is 12.1 Å². The first kappa shape index (κ1) is 17.7. The number of ether oxygens (including phenoxy) is 2. The summed E-state index contributed by atoms with van der Waals surface area (Å²) >= 11 is 0. The monoisotopic (exact) mass is 367 g/mol. The van der Waals surface area contributed by atoms with Crippen LogP contribution in [0.2, 0.25) is 0 Å². The summed E-state index contributed by atoms with van der Waals surface area (Å²) in [7, 11) is 1.62. The summed E-state index contributed by atoms with van der Waals surface area (Å²) in [6.07, 6.45) is 2.18. The molecule has 0 unspecified atom stereocenters. The number of benzene rings is 2. The molecule has 2 aromatic rings. The van der Waals surface area contributed by atoms with E-state index in [-0.39, 0.29) is 11.6 Å². The highest BCUT2D eigenvalue weighted by molar-refractivity contribution is 6.16. The lowest BCUT2D eigenvalue weighted by Crippen LogP contribution is -2.36. The van der Waals surface area contributed by atoms with Crippen LogP contribution < -0.4 is 9.64 Å². The molecule has 1 aliphatic heterocycles. The molecule has 0 bridgehead atoms. The van der Waals surface area contributed by atoms with Crippen LogP contribution in [0, 0.1) is 12.7 Å². The number of carbonyl (C=O) groups is 1. The normalized spacial score (nSPS) is 18.1. The van der Waals surface area contributed by atoms with Crippen molar-refractivity contribution in [1.82, 2.24) is 0 Å². The Balaban J connectivity index is 1.71. The average Bonchev–Trinajstić information content (AvgIpc) is 3.00. The lowest BCUT2D eigenvalue weighted by Gasteiger charge is -2.30. The van der Waals surface area contributed by atoms with Gasteiger partial charge >= 0.3 is 0 Å². The van der Waals surface area contributed by atoms with Gasteiger partial charge in [0.15, 0.2) is 5.78 Å². The molecule has 0 radical (unpaired) electrons. The zero-order valence-electron chi connectivity index (χ0n) is 15.5. The molecule has 0 amide bonds. The second kappa shape index (κ2) is 7.16. The largest absolute Gasteiger partial charge is 0.495 e. The Bertz CT molecular complexity index is 929. The molecule has 1 saturated heterocycles. The van der Waals surface area contributed by atoms with Gasteiger partial charge in [-0.05, 0) is 36.3 Å². The van der Waals surface area contributed by atoms with Crippen molar-refractivity contribution in [2.75, 3.05) is 38.3 Å². The van der Waals surface area contributed by atoms with E-state index in [4.69, 9.17) is 9.47 Å². The van der Waals surface area contributed by atoms with E-state index in [1.165, 1.54) is 0 Å². The fraction of sp³-hybridized carbons (Fsp3) is 0.318. The zero-order chi connectivity index (χ0) is 19.0. The van der Waals surface area contributed by atoms with Crippen molar-refractivity contribution in [2.24, 2.45) is 0 Å². The summed E-state index contributed by atoms with van der Waals surface area (Å²) in [5.74, 6) is 0.352. The minimum atomic E-state index is -0.277. The highest BCUT2D eigenvalue weighted by Gasteiger charge is 2.28. The van der Waals surface area contributed by atoms with Crippen molar-refractivity contribution >= 4 is 17.5 Å². The standard InChI is InChI=1S/C22H22FNO3/c1-14-4-3-5-15(21(14)23)10-17-11-16-12-19(24-6-8-27-9-7-24)20(26-2)13-18(16)22(17)25/h3-5,10,12-13H,6-9,11H2,1-2H3/b17-10+. The number of hydrogen-bond donors (Lipinski definition) is 0. The van der Waals surface area contributed by atoms with E-state index in [2.05, 4.69) is 4.90 Å². The van der Waals surface area contributed by atoms with Gasteiger partial charge in [-0.1, -0.05) is 18.2 Å². The molecule has 0 aromatic heterocycles. The van der Waals surface area contributed by atoms with E-state index >= 15 is 0 Å². The van der Waals surface area contributed by atoms with Gasteiger partial charge in [-0.25, -0.2) is 4.39 Å². The van der Waals surface area contributed by atoms with Crippen LogP contribution in [0.25, 0.3) is 6.08 Å². The number of nitrogens with zero attached hydrogens (tertiary/aromatic N) is 1. The Kier molecular flexibility index (Phi) is 4.70. The Labute approximate surface area is 158 Å². The van der Waals surface area contributed by atoms with Gasteiger partial charge in [0, 0.05) is 36.2 Å². The summed E-state index contributed by atoms with van der Waals surface area (Å²) < 4.78 is 25.3. The minimum absolute atomic E-state index is 0.0577. The second-order valence-electron chi connectivity index (χ2n) is 6.93. The van der Waals surface area contributed by atoms with Gasteiger partial charge in [0.25, 0.3) is 0 Å². The van der Waals surface area contributed by atoms with Gasteiger partial charge in [-0.2, -0.15) is 0 Å². The molecule has 0 N–H and O–H groups in total. The van der Waals surface area contributed by atoms with Gasteiger partial charge < -0.3 is 14.4 Å². The summed E-state index contributed by atoms with van der Waals surface area (Å²) in [4.78, 5) is 15.1. The predicted octanol–water partition coefficient (Wildman–Crippen LogP) is 3.80. The molecular formula is C22H22FNO3. The molecule has 4 nitrogen and oxygen atoms in total. The summed E-state index contributed by atoms with van der Waals surface area (Å²) in [6.45, 7) is 4.66. The van der Waals surface area contributed by atoms with E-state index in [1.54, 1.807) is 38.3 Å². The summed E-state index contributed by atoms with van der Waals surface area (Å²) in [5.41, 5.74) is 4.21. The smallest absolute Gasteiger partial charge is 0.189 e. The van der Waals surface area contributed by atoms with E-state index < -0.39 is 0 Å². The topological polar surface area (TPSA) is 38.8 Å². The number of halogens is 1. The maximum Gasteiger partial charge on any atom is 0.189 e. The van der Waals surface area contributed by atoms with Crippen molar-refractivity contribution in [3.05, 3.63) is 64.0 Å². The van der Waals surface area contributed by atoms with Gasteiger partial charge in [-0.3, -0.25) is 4.79 Å². The molecule has 1 heterocycles. The highest BCUT2D eigenvalue weighted by atomic mass is 19.1. The predicted molar refractivity (Wildman–Crippen MR) is 103 cm³/mol. The number of carbonyl (C=O) groups excluding carboxylic acids is 1. The average molecular weight is 367 g/mol. The molecule has 5 heteroatoms. The van der Waals surface area contributed by atoms with Crippen LogP contribution in [0.4, 0.5) is 10.1 Å². The third-order valence-electron chi connectivity index (χ3n) is 5.23. The molecule has 0 spiro atoms. The number of rotatable bonds is 3. The van der Waals surface area contributed by atoms with Gasteiger partial charge in [-0.15, -0.1) is 0 Å². The fourth-order valence-electron chi connectivity index (χ4n) is 3.73. The SMILES string of the molecule is COc1cc2c(cc1N1CCOCC1)C/C(=C\c1cccc(C)c1F)C2=O. The van der Waals surface area contributed by atoms with Crippen LogP contribution in [0.5, 0.6) is 5.75 Å². The van der Waals surface area contributed by atoms with Crippen LogP contribution >= 0.6 is 0 Å². The van der Waals surface area contributed by atoms with Crippen molar-refractivity contribution in [3.8, 4) is 5.75 Å². The lowest BCUT2D eigenvalue weighted by molar-refractivity contribution is 0.104. The number of fused-ring (bicyclic) bond motifs is 1. The van der Waals surface area contributed by atoms with Gasteiger partial charge in [0.1, 0.15) is 11.6 Å². The molecule has 0 atom stereocenters. The van der Waals surface area contributed by atoms with Crippen LogP contribution in [0.1, 0.15) is 27.0 Å². The molecule has 2 aliphatic rings. The minimum Gasteiger partial charge on any atom is -0.495 e. The fourth-order valence-corrected chi connectivity index (χ4v) is 3.73. The van der Waals surface area contributed by atoms with Crippen LogP contribution in [0.15, 0.2) is 35.9 Å². The van der Waals surface area contributed by atoms with Crippen molar-refractivity contribution in [3.63, 3.8) is 0 Å². The molecule has 1 aliphatic carbocycles. The maximum atomic E-state index is 14.3. The number of hydrogen-bond acceptors (Lipinski definition) is 4.